The molecule has 0 spiro atoms. The maximum Gasteiger partial charge on any atom is 0.416 e. The zero-order valence-corrected chi connectivity index (χ0v) is 11.8. The molecule has 114 valence electrons. The van der Waals surface area contributed by atoms with Crippen LogP contribution in [-0.2, 0) is 17.3 Å². The second kappa shape index (κ2) is 7.50. The summed E-state index contributed by atoms with van der Waals surface area (Å²) >= 11 is 0. The first-order valence-corrected chi connectivity index (χ1v) is 6.50. The maximum absolute atomic E-state index is 13.0. The average molecular weight is 290 g/mol. The molecule has 0 bridgehead atoms. The van der Waals surface area contributed by atoms with Crippen molar-refractivity contribution in [3.05, 3.63) is 29.3 Å². The van der Waals surface area contributed by atoms with Crippen LogP contribution in [0.1, 0.15) is 17.5 Å². The molecule has 0 radical (unpaired) electrons. The Morgan fingerprint density at radius 3 is 2.55 bits per heavy atom. The molecule has 0 heterocycles. The average Bonchev–Trinajstić information content (AvgIpc) is 2.38. The predicted octanol–water partition coefficient (Wildman–Crippen LogP) is 2.68. The van der Waals surface area contributed by atoms with E-state index in [4.69, 9.17) is 10.5 Å². The lowest BCUT2D eigenvalue weighted by atomic mass is 10.0. The molecule has 0 unspecified atom stereocenters. The lowest BCUT2D eigenvalue weighted by Gasteiger charge is -2.22. The number of rotatable bonds is 7. The van der Waals surface area contributed by atoms with Crippen LogP contribution in [0.2, 0.25) is 0 Å². The van der Waals surface area contributed by atoms with Gasteiger partial charge in [-0.2, -0.15) is 13.2 Å². The van der Waals surface area contributed by atoms with Gasteiger partial charge in [-0.05, 0) is 37.1 Å². The Balaban J connectivity index is 2.94. The van der Waals surface area contributed by atoms with Crippen LogP contribution in [0, 0.1) is 0 Å². The molecule has 0 aliphatic rings. The van der Waals surface area contributed by atoms with Crippen molar-refractivity contribution in [3.63, 3.8) is 0 Å². The van der Waals surface area contributed by atoms with Crippen LogP contribution in [0.3, 0.4) is 0 Å². The highest BCUT2D eigenvalue weighted by Gasteiger charge is 2.33. The number of alkyl halides is 3. The summed E-state index contributed by atoms with van der Waals surface area (Å²) < 4.78 is 44.1. The molecular weight excluding hydrogens is 269 g/mol. The van der Waals surface area contributed by atoms with E-state index in [-0.39, 0.29) is 18.5 Å². The molecule has 0 atom stereocenters. The van der Waals surface area contributed by atoms with Crippen LogP contribution in [0.15, 0.2) is 18.2 Å². The second-order valence-corrected chi connectivity index (χ2v) is 4.65. The van der Waals surface area contributed by atoms with Crippen LogP contribution in [-0.4, -0.2) is 33.9 Å². The van der Waals surface area contributed by atoms with Crippen molar-refractivity contribution < 1.29 is 17.9 Å². The first-order valence-electron chi connectivity index (χ1n) is 6.50. The molecule has 2 N–H and O–H groups in total. The van der Waals surface area contributed by atoms with Gasteiger partial charge in [-0.25, -0.2) is 0 Å². The van der Waals surface area contributed by atoms with Crippen LogP contribution in [0.25, 0.3) is 0 Å². The van der Waals surface area contributed by atoms with Crippen LogP contribution < -0.4 is 10.6 Å². The van der Waals surface area contributed by atoms with E-state index in [1.165, 1.54) is 12.1 Å². The number of ether oxygens (including phenoxy) is 1. The minimum absolute atomic E-state index is 0.201. The topological polar surface area (TPSA) is 38.5 Å². The predicted molar refractivity (Wildman–Crippen MR) is 74.0 cm³/mol. The standard InChI is InChI=1S/C14H21F3N2O/c1-19(8-3-9-20-2)12-5-4-11(6-7-18)13(10-12)14(15,16)17/h4-5,10H,3,6-9,18H2,1-2H3. The van der Waals surface area contributed by atoms with E-state index in [2.05, 4.69) is 0 Å². The first kappa shape index (κ1) is 16.8. The number of halogens is 3. The fourth-order valence-corrected chi connectivity index (χ4v) is 2.01. The minimum Gasteiger partial charge on any atom is -0.385 e. The molecule has 1 aromatic rings. The Kier molecular flexibility index (Phi) is 6.29. The van der Waals surface area contributed by atoms with Gasteiger partial charge in [0.15, 0.2) is 0 Å². The molecule has 0 saturated carbocycles. The Hall–Kier alpha value is -1.27. The molecule has 0 fully saturated rings. The Bertz CT molecular complexity index is 421. The lowest BCUT2D eigenvalue weighted by Crippen LogP contribution is -2.21. The third-order valence-electron chi connectivity index (χ3n) is 3.10. The fourth-order valence-electron chi connectivity index (χ4n) is 2.01. The normalized spacial score (nSPS) is 11.7. The van der Waals surface area contributed by atoms with Gasteiger partial charge in [-0.1, -0.05) is 6.07 Å². The van der Waals surface area contributed by atoms with Gasteiger partial charge in [0.25, 0.3) is 0 Å². The van der Waals surface area contributed by atoms with Gasteiger partial charge in [0.2, 0.25) is 0 Å². The summed E-state index contributed by atoms with van der Waals surface area (Å²) in [5.74, 6) is 0. The summed E-state index contributed by atoms with van der Waals surface area (Å²) in [5.41, 5.74) is 5.56. The van der Waals surface area contributed by atoms with Gasteiger partial charge in [0.1, 0.15) is 0 Å². The van der Waals surface area contributed by atoms with Crippen LogP contribution >= 0.6 is 0 Å². The molecule has 0 saturated heterocycles. The van der Waals surface area contributed by atoms with E-state index in [0.717, 1.165) is 6.42 Å². The molecule has 0 aliphatic heterocycles. The first-order chi connectivity index (χ1) is 9.40. The summed E-state index contributed by atoms with van der Waals surface area (Å²) in [7, 11) is 3.37. The molecule has 1 aromatic carbocycles. The van der Waals surface area contributed by atoms with Crippen molar-refractivity contribution in [1.82, 2.24) is 0 Å². The second-order valence-electron chi connectivity index (χ2n) is 4.65. The summed E-state index contributed by atoms with van der Waals surface area (Å²) in [6, 6.07) is 4.41. The number of benzene rings is 1. The third kappa shape index (κ3) is 4.68. The van der Waals surface area contributed by atoms with E-state index in [0.29, 0.717) is 18.8 Å². The van der Waals surface area contributed by atoms with Crippen LogP contribution in [0.5, 0.6) is 0 Å². The SMILES string of the molecule is COCCCN(C)c1ccc(CCN)c(C(F)(F)F)c1. The van der Waals surface area contributed by atoms with Gasteiger partial charge in [-0.15, -0.1) is 0 Å². The molecule has 20 heavy (non-hydrogen) atoms. The zero-order valence-electron chi connectivity index (χ0n) is 11.8. The van der Waals surface area contributed by atoms with Gasteiger partial charge < -0.3 is 15.4 Å². The molecule has 3 nitrogen and oxygen atoms in total. The number of nitrogens with zero attached hydrogens (tertiary/aromatic N) is 1. The Morgan fingerprint density at radius 2 is 2.00 bits per heavy atom. The molecule has 6 heteroatoms. The number of nitrogens with two attached hydrogens (primary N) is 1. The van der Waals surface area contributed by atoms with Gasteiger partial charge in [0, 0.05) is 33.0 Å². The van der Waals surface area contributed by atoms with Crippen molar-refractivity contribution in [3.8, 4) is 0 Å². The number of hydrogen-bond acceptors (Lipinski definition) is 3. The summed E-state index contributed by atoms with van der Waals surface area (Å²) in [6.07, 6.45) is -3.37. The maximum atomic E-state index is 13.0. The highest BCUT2D eigenvalue weighted by molar-refractivity contribution is 5.51. The van der Waals surface area contributed by atoms with Gasteiger partial charge in [0.05, 0.1) is 5.56 Å². The van der Waals surface area contributed by atoms with Crippen molar-refractivity contribution in [2.45, 2.75) is 19.0 Å². The highest BCUT2D eigenvalue weighted by Crippen LogP contribution is 2.34. The number of methoxy groups -OCH3 is 1. The van der Waals surface area contributed by atoms with Crippen molar-refractivity contribution in [1.29, 1.82) is 0 Å². The summed E-state index contributed by atoms with van der Waals surface area (Å²) in [5, 5.41) is 0. The zero-order chi connectivity index (χ0) is 15.2. The van der Waals surface area contributed by atoms with Gasteiger partial charge in [-0.3, -0.25) is 0 Å². The minimum atomic E-state index is -4.35. The summed E-state index contributed by atoms with van der Waals surface area (Å²) in [4.78, 5) is 1.79. The quantitative estimate of drug-likeness (QED) is 0.785. The molecule has 1 rings (SSSR count). The molecule has 0 amide bonds. The van der Waals surface area contributed by atoms with Crippen molar-refractivity contribution in [2.24, 2.45) is 5.73 Å². The largest absolute Gasteiger partial charge is 0.416 e. The molecule has 0 aliphatic carbocycles. The van der Waals surface area contributed by atoms with Gasteiger partial charge >= 0.3 is 6.18 Å². The van der Waals surface area contributed by atoms with Crippen molar-refractivity contribution >= 4 is 5.69 Å². The monoisotopic (exact) mass is 290 g/mol. The van der Waals surface area contributed by atoms with E-state index >= 15 is 0 Å². The van der Waals surface area contributed by atoms with E-state index in [9.17, 15) is 13.2 Å². The Labute approximate surface area is 117 Å². The Morgan fingerprint density at radius 1 is 1.30 bits per heavy atom. The van der Waals surface area contributed by atoms with E-state index < -0.39 is 11.7 Å². The number of anilines is 1. The summed E-state index contributed by atoms with van der Waals surface area (Å²) in [6.45, 7) is 1.43. The van der Waals surface area contributed by atoms with E-state index in [1.807, 2.05) is 0 Å². The molecule has 0 aromatic heterocycles. The highest BCUT2D eigenvalue weighted by atomic mass is 19.4. The van der Waals surface area contributed by atoms with Crippen LogP contribution in [0.4, 0.5) is 18.9 Å². The fraction of sp³-hybridized carbons (Fsp3) is 0.571. The lowest BCUT2D eigenvalue weighted by molar-refractivity contribution is -0.138. The molecular formula is C14H21F3N2O. The number of hydrogen-bond donors (Lipinski definition) is 1. The smallest absolute Gasteiger partial charge is 0.385 e. The van der Waals surface area contributed by atoms with Crippen molar-refractivity contribution in [2.75, 3.05) is 38.8 Å². The third-order valence-corrected chi connectivity index (χ3v) is 3.10. The van der Waals surface area contributed by atoms with E-state index in [1.54, 1.807) is 25.1 Å².